The van der Waals surface area contributed by atoms with Crippen LogP contribution < -0.4 is 5.56 Å². The lowest BCUT2D eigenvalue weighted by Crippen LogP contribution is -2.15. The third-order valence-corrected chi connectivity index (χ3v) is 6.49. The Morgan fingerprint density at radius 1 is 1.14 bits per heavy atom. The Bertz CT molecular complexity index is 1550. The summed E-state index contributed by atoms with van der Waals surface area (Å²) < 4.78 is 6.72. The second-order valence-electron chi connectivity index (χ2n) is 9.29. The predicted octanol–water partition coefficient (Wildman–Crippen LogP) is 5.78. The van der Waals surface area contributed by atoms with Gasteiger partial charge in [0.25, 0.3) is 5.56 Å². The topological polar surface area (TPSA) is 133 Å². The number of hydrogen-bond donors (Lipinski definition) is 3. The van der Waals surface area contributed by atoms with E-state index in [4.69, 9.17) is 9.52 Å². The third kappa shape index (κ3) is 3.84. The molecule has 5 rings (SSSR count). The summed E-state index contributed by atoms with van der Waals surface area (Å²) in [5.74, 6) is -1.52. The molecular formula is C26H24N4O5. The summed E-state index contributed by atoms with van der Waals surface area (Å²) in [7, 11) is 0. The summed E-state index contributed by atoms with van der Waals surface area (Å²) in [4.78, 5) is 24.2. The van der Waals surface area contributed by atoms with Gasteiger partial charge in [-0.15, -0.1) is 10.2 Å². The summed E-state index contributed by atoms with van der Waals surface area (Å²) in [6, 6.07) is 13.5. The van der Waals surface area contributed by atoms with Crippen LogP contribution in [0.4, 0.5) is 11.4 Å². The Morgan fingerprint density at radius 3 is 2.69 bits per heavy atom. The number of aromatic amines is 1. The van der Waals surface area contributed by atoms with E-state index in [1.54, 1.807) is 19.1 Å². The lowest BCUT2D eigenvalue weighted by molar-refractivity contribution is 0.0663. The Labute approximate surface area is 200 Å². The van der Waals surface area contributed by atoms with Crippen molar-refractivity contribution in [2.75, 3.05) is 0 Å². The Kier molecular flexibility index (Phi) is 5.20. The van der Waals surface area contributed by atoms with Crippen molar-refractivity contribution in [3.05, 3.63) is 81.5 Å². The van der Waals surface area contributed by atoms with E-state index >= 15 is 0 Å². The quantitative estimate of drug-likeness (QED) is 0.317. The first-order valence-corrected chi connectivity index (χ1v) is 11.2. The fourth-order valence-corrected chi connectivity index (χ4v) is 4.52. The smallest absolute Gasteiger partial charge is 0.371 e. The molecule has 9 nitrogen and oxygen atoms in total. The number of furan rings is 1. The van der Waals surface area contributed by atoms with Crippen molar-refractivity contribution in [2.45, 2.75) is 39.0 Å². The molecular weight excluding hydrogens is 448 g/mol. The number of para-hydroxylation sites is 1. The minimum atomic E-state index is -1.21. The number of benzene rings is 2. The number of fused-ring (bicyclic) bond motifs is 1. The van der Waals surface area contributed by atoms with E-state index in [0.29, 0.717) is 5.69 Å². The maximum Gasteiger partial charge on any atom is 0.371 e. The number of carboxylic acids is 1. The van der Waals surface area contributed by atoms with E-state index in [1.807, 2.05) is 12.1 Å². The average Bonchev–Trinajstić information content (AvgIpc) is 3.50. The minimum Gasteiger partial charge on any atom is -0.505 e. The van der Waals surface area contributed by atoms with Crippen LogP contribution in [0.1, 0.15) is 47.6 Å². The third-order valence-electron chi connectivity index (χ3n) is 6.49. The van der Waals surface area contributed by atoms with E-state index in [0.717, 1.165) is 18.5 Å². The molecule has 1 aliphatic carbocycles. The number of hydrogen-bond acceptors (Lipinski definition) is 6. The highest BCUT2D eigenvalue weighted by Gasteiger charge is 2.30. The highest BCUT2D eigenvalue weighted by atomic mass is 16.4. The number of azo groups is 1. The molecule has 0 radical (unpaired) electrons. The number of aromatic hydroxyl groups is 1. The number of aromatic carboxylic acids is 1. The zero-order valence-electron chi connectivity index (χ0n) is 19.5. The molecule has 0 aliphatic heterocycles. The number of phenolic OH excluding ortho intramolecular Hbond substituents is 1. The Hall–Kier alpha value is -4.40. The number of phenols is 1. The maximum absolute atomic E-state index is 13.1. The van der Waals surface area contributed by atoms with Crippen molar-refractivity contribution in [1.29, 1.82) is 0 Å². The number of nitrogens with one attached hydrogen (secondary N) is 1. The van der Waals surface area contributed by atoms with Gasteiger partial charge in [0.05, 0.1) is 16.9 Å². The molecule has 2 aromatic heterocycles. The van der Waals surface area contributed by atoms with E-state index in [9.17, 15) is 14.7 Å². The molecule has 0 saturated heterocycles. The van der Waals surface area contributed by atoms with Gasteiger partial charge in [-0.1, -0.05) is 26.0 Å². The van der Waals surface area contributed by atoms with Crippen molar-refractivity contribution in [2.24, 2.45) is 10.2 Å². The molecule has 2 heterocycles. The van der Waals surface area contributed by atoms with Crippen LogP contribution in [0.15, 0.2) is 68.0 Å². The predicted molar refractivity (Wildman–Crippen MR) is 129 cm³/mol. The number of aromatic nitrogens is 2. The molecule has 0 unspecified atom stereocenters. The van der Waals surface area contributed by atoms with Gasteiger partial charge in [-0.05, 0) is 72.7 Å². The molecule has 0 amide bonds. The summed E-state index contributed by atoms with van der Waals surface area (Å²) in [5, 5.41) is 31.0. The first-order valence-electron chi connectivity index (χ1n) is 11.2. The van der Waals surface area contributed by atoms with Gasteiger partial charge in [0.1, 0.15) is 11.4 Å². The minimum absolute atomic E-state index is 0.113. The number of carbonyl (C=O) groups is 1. The van der Waals surface area contributed by atoms with Crippen LogP contribution >= 0.6 is 0 Å². The fourth-order valence-electron chi connectivity index (χ4n) is 4.52. The Morgan fingerprint density at radius 2 is 1.94 bits per heavy atom. The molecule has 2 aromatic carbocycles. The van der Waals surface area contributed by atoms with Crippen molar-refractivity contribution in [3.63, 3.8) is 0 Å². The van der Waals surface area contributed by atoms with Crippen LogP contribution in [0.3, 0.4) is 0 Å². The molecule has 9 heteroatoms. The zero-order valence-corrected chi connectivity index (χ0v) is 19.5. The van der Waals surface area contributed by atoms with Crippen molar-refractivity contribution < 1.29 is 19.4 Å². The van der Waals surface area contributed by atoms with E-state index in [1.165, 1.54) is 34.0 Å². The number of nitrogens with zero attached hydrogens (tertiary/aromatic N) is 3. The van der Waals surface area contributed by atoms with Crippen molar-refractivity contribution >= 4 is 17.3 Å². The molecule has 3 N–H and O–H groups in total. The molecule has 178 valence electrons. The summed E-state index contributed by atoms with van der Waals surface area (Å²) in [5.41, 5.74) is 4.09. The zero-order chi connectivity index (χ0) is 24.9. The first-order chi connectivity index (χ1) is 16.7. The Balaban J connectivity index is 1.47. The van der Waals surface area contributed by atoms with E-state index < -0.39 is 5.97 Å². The van der Waals surface area contributed by atoms with Crippen molar-refractivity contribution in [3.8, 4) is 22.8 Å². The number of rotatable bonds is 5. The van der Waals surface area contributed by atoms with Gasteiger partial charge >= 0.3 is 5.97 Å². The van der Waals surface area contributed by atoms with Gasteiger partial charge in [0, 0.05) is 0 Å². The number of H-pyrrole nitrogens is 1. The van der Waals surface area contributed by atoms with Gasteiger partial charge in [-0.3, -0.25) is 9.89 Å². The molecule has 0 fully saturated rings. The fraction of sp³-hybridized carbons (Fsp3) is 0.231. The van der Waals surface area contributed by atoms with Gasteiger partial charge < -0.3 is 14.6 Å². The van der Waals surface area contributed by atoms with Crippen LogP contribution in [0.25, 0.3) is 17.0 Å². The maximum atomic E-state index is 13.1. The number of aryl methyl sites for hydroxylation is 2. The van der Waals surface area contributed by atoms with Crippen LogP contribution in [0.2, 0.25) is 0 Å². The van der Waals surface area contributed by atoms with Gasteiger partial charge in [-0.2, -0.15) is 0 Å². The molecule has 0 bridgehead atoms. The van der Waals surface area contributed by atoms with Gasteiger partial charge in [0.15, 0.2) is 11.4 Å². The standard InChI is InChI=1S/C26H24N4O5/c1-14-22(24(32)30(29-14)16-7-8-18-15(13-16)11-12-26(18,2)3)28-27-19-6-4-5-17(23(19)31)20-9-10-21(35-20)25(33)34/h4-10,13,29,31H,11-12H2,1-3H3,(H,33,34). The number of carboxylic acid groups (broad SMARTS) is 1. The summed E-state index contributed by atoms with van der Waals surface area (Å²) in [6.45, 7) is 6.18. The molecule has 0 spiro atoms. The average molecular weight is 473 g/mol. The highest BCUT2D eigenvalue weighted by Crippen LogP contribution is 2.40. The van der Waals surface area contributed by atoms with Crippen molar-refractivity contribution in [1.82, 2.24) is 9.78 Å². The lowest BCUT2D eigenvalue weighted by Gasteiger charge is -2.18. The lowest BCUT2D eigenvalue weighted by atomic mass is 9.87. The molecule has 0 atom stereocenters. The summed E-state index contributed by atoms with van der Waals surface area (Å²) >= 11 is 0. The van der Waals surface area contributed by atoms with Crippen LogP contribution in [0.5, 0.6) is 5.75 Å². The van der Waals surface area contributed by atoms with Crippen LogP contribution in [-0.4, -0.2) is 26.0 Å². The van der Waals surface area contributed by atoms with Gasteiger partial charge in [0.2, 0.25) is 5.76 Å². The highest BCUT2D eigenvalue weighted by molar-refractivity contribution is 5.85. The largest absolute Gasteiger partial charge is 0.505 e. The molecule has 1 aliphatic rings. The van der Waals surface area contributed by atoms with E-state index in [2.05, 4.69) is 35.2 Å². The molecule has 0 saturated carbocycles. The van der Waals surface area contributed by atoms with Crippen LogP contribution in [-0.2, 0) is 11.8 Å². The second-order valence-corrected chi connectivity index (χ2v) is 9.29. The molecule has 35 heavy (non-hydrogen) atoms. The van der Waals surface area contributed by atoms with Gasteiger partial charge in [-0.25, -0.2) is 9.48 Å². The second kappa shape index (κ2) is 8.12. The SMILES string of the molecule is Cc1[nH]n(-c2ccc3c(c2)CCC3(C)C)c(=O)c1N=Nc1cccc(-c2ccc(C(=O)O)o2)c1O. The first kappa shape index (κ1) is 22.4. The normalized spacial score (nSPS) is 14.5. The molecule has 4 aromatic rings. The summed E-state index contributed by atoms with van der Waals surface area (Å²) in [6.07, 6.45) is 2.04. The monoisotopic (exact) mass is 472 g/mol. The van der Waals surface area contributed by atoms with Crippen LogP contribution in [0, 0.1) is 6.92 Å². The van der Waals surface area contributed by atoms with E-state index in [-0.39, 0.29) is 45.2 Å².